The van der Waals surface area contributed by atoms with Crippen molar-refractivity contribution in [2.24, 2.45) is 0 Å². The van der Waals surface area contributed by atoms with E-state index in [1.54, 1.807) is 31.2 Å². The summed E-state index contributed by atoms with van der Waals surface area (Å²) in [6, 6.07) is 10.9. The molecule has 0 atom stereocenters. The molecule has 0 saturated heterocycles. The van der Waals surface area contributed by atoms with Crippen LogP contribution in [0.4, 0.5) is 5.82 Å². The molecule has 0 spiro atoms. The van der Waals surface area contributed by atoms with Crippen molar-refractivity contribution in [2.75, 3.05) is 12.3 Å². The molecule has 0 aliphatic carbocycles. The first-order chi connectivity index (χ1) is 9.22. The fourth-order valence-corrected chi connectivity index (χ4v) is 1.69. The predicted octanol–water partition coefficient (Wildman–Crippen LogP) is 1.60. The van der Waals surface area contributed by atoms with Crippen molar-refractivity contribution < 1.29 is 4.74 Å². The van der Waals surface area contributed by atoms with E-state index < -0.39 is 0 Å². The summed E-state index contributed by atoms with van der Waals surface area (Å²) in [4.78, 5) is 0. The Kier molecular flexibility index (Phi) is 3.35. The summed E-state index contributed by atoms with van der Waals surface area (Å²) in [5, 5.41) is 22.3. The van der Waals surface area contributed by atoms with E-state index in [0.717, 1.165) is 0 Å². The molecule has 2 N–H and O–H groups in total. The molecule has 0 fully saturated rings. The monoisotopic (exact) mass is 253 g/mol. The van der Waals surface area contributed by atoms with Crippen molar-refractivity contribution in [3.8, 4) is 23.7 Å². The Bertz CT molecular complexity index is 690. The maximum Gasteiger partial charge on any atom is 0.253 e. The van der Waals surface area contributed by atoms with E-state index in [0.29, 0.717) is 17.9 Å². The molecule has 2 rings (SSSR count). The van der Waals surface area contributed by atoms with E-state index in [9.17, 15) is 0 Å². The summed E-state index contributed by atoms with van der Waals surface area (Å²) < 4.78 is 6.62. The molecule has 6 heteroatoms. The Morgan fingerprint density at radius 3 is 2.68 bits per heavy atom. The number of hydrogen-bond donors (Lipinski definition) is 1. The van der Waals surface area contributed by atoms with Crippen molar-refractivity contribution in [1.29, 1.82) is 10.5 Å². The summed E-state index contributed by atoms with van der Waals surface area (Å²) in [6.45, 7) is 2.17. The van der Waals surface area contributed by atoms with Gasteiger partial charge in [0.1, 0.15) is 18.0 Å². The topological polar surface area (TPSA) is 101 Å². The fourth-order valence-electron chi connectivity index (χ4n) is 1.69. The molecule has 1 aromatic heterocycles. The fraction of sp³-hybridized carbons (Fsp3) is 0.154. The summed E-state index contributed by atoms with van der Waals surface area (Å²) in [5.74, 6) is 0.337. The van der Waals surface area contributed by atoms with Crippen molar-refractivity contribution in [3.63, 3.8) is 0 Å². The lowest BCUT2D eigenvalue weighted by molar-refractivity contribution is 0.323. The smallest absolute Gasteiger partial charge is 0.253 e. The van der Waals surface area contributed by atoms with Crippen molar-refractivity contribution >= 4 is 5.82 Å². The van der Waals surface area contributed by atoms with Gasteiger partial charge in [-0.3, -0.25) is 0 Å². The Morgan fingerprint density at radius 2 is 2.05 bits per heavy atom. The number of ether oxygens (including phenoxy) is 1. The highest BCUT2D eigenvalue weighted by atomic mass is 16.5. The summed E-state index contributed by atoms with van der Waals surface area (Å²) in [5.41, 5.74) is 7.00. The molecule has 0 amide bonds. The first kappa shape index (κ1) is 12.5. The van der Waals surface area contributed by atoms with Crippen LogP contribution in [0.3, 0.4) is 0 Å². The summed E-state index contributed by atoms with van der Waals surface area (Å²) >= 11 is 0. The van der Waals surface area contributed by atoms with Crippen LogP contribution in [0, 0.1) is 22.7 Å². The van der Waals surface area contributed by atoms with Crippen LogP contribution in [0.2, 0.25) is 0 Å². The van der Waals surface area contributed by atoms with Crippen LogP contribution in [0.1, 0.15) is 18.1 Å². The molecule has 2 aromatic rings. The molecule has 94 valence electrons. The van der Waals surface area contributed by atoms with Gasteiger partial charge in [-0.25, -0.2) is 4.68 Å². The van der Waals surface area contributed by atoms with E-state index in [1.807, 2.05) is 6.07 Å². The molecule has 1 aromatic carbocycles. The number of nitrogen functional groups attached to an aromatic ring is 1. The minimum atomic E-state index is 0.161. The van der Waals surface area contributed by atoms with E-state index in [-0.39, 0.29) is 17.3 Å². The number of nitriles is 2. The molecule has 1 heterocycles. The lowest BCUT2D eigenvalue weighted by Gasteiger charge is -2.04. The number of nitrogens with zero attached hydrogens (tertiary/aromatic N) is 4. The van der Waals surface area contributed by atoms with Crippen molar-refractivity contribution in [2.45, 2.75) is 6.92 Å². The van der Waals surface area contributed by atoms with Crippen LogP contribution < -0.4 is 10.5 Å². The van der Waals surface area contributed by atoms with Crippen LogP contribution in [-0.2, 0) is 0 Å². The highest BCUT2D eigenvalue weighted by Gasteiger charge is 2.18. The van der Waals surface area contributed by atoms with E-state index >= 15 is 0 Å². The third-order valence-electron chi connectivity index (χ3n) is 2.53. The minimum absolute atomic E-state index is 0.161. The zero-order valence-corrected chi connectivity index (χ0v) is 10.3. The lowest BCUT2D eigenvalue weighted by atomic mass is 10.2. The number of anilines is 1. The number of aromatic nitrogens is 2. The number of nitrogens with two attached hydrogens (primary N) is 1. The van der Waals surface area contributed by atoms with Crippen LogP contribution in [-0.4, -0.2) is 16.4 Å². The molecular formula is C13H11N5O. The predicted molar refractivity (Wildman–Crippen MR) is 68.6 cm³/mol. The van der Waals surface area contributed by atoms with Crippen LogP contribution in [0.5, 0.6) is 5.88 Å². The number of para-hydroxylation sites is 1. The van der Waals surface area contributed by atoms with Gasteiger partial charge in [0.15, 0.2) is 5.56 Å². The quantitative estimate of drug-likeness (QED) is 0.895. The van der Waals surface area contributed by atoms with Crippen LogP contribution >= 0.6 is 0 Å². The van der Waals surface area contributed by atoms with Gasteiger partial charge >= 0.3 is 0 Å². The third kappa shape index (κ3) is 2.07. The van der Waals surface area contributed by atoms with Crippen molar-refractivity contribution in [1.82, 2.24) is 9.78 Å². The van der Waals surface area contributed by atoms with Crippen LogP contribution in [0.15, 0.2) is 24.3 Å². The average molecular weight is 253 g/mol. The van der Waals surface area contributed by atoms with Crippen LogP contribution in [0.25, 0.3) is 5.69 Å². The zero-order chi connectivity index (χ0) is 13.8. The zero-order valence-electron chi connectivity index (χ0n) is 10.3. The maximum absolute atomic E-state index is 9.08. The molecular weight excluding hydrogens is 242 g/mol. The van der Waals surface area contributed by atoms with Gasteiger partial charge in [-0.15, -0.1) is 5.10 Å². The normalized spacial score (nSPS) is 9.63. The first-order valence-corrected chi connectivity index (χ1v) is 5.63. The number of benzene rings is 1. The molecule has 0 unspecified atom stereocenters. The van der Waals surface area contributed by atoms with E-state index in [4.69, 9.17) is 21.0 Å². The first-order valence-electron chi connectivity index (χ1n) is 5.63. The van der Waals surface area contributed by atoms with Gasteiger partial charge in [-0.2, -0.15) is 10.5 Å². The number of hydrogen-bond acceptors (Lipinski definition) is 5. The number of rotatable bonds is 3. The van der Waals surface area contributed by atoms with Gasteiger partial charge < -0.3 is 10.5 Å². The molecule has 0 aliphatic heterocycles. The Hall–Kier alpha value is -2.99. The van der Waals surface area contributed by atoms with E-state index in [1.165, 1.54) is 4.68 Å². The Morgan fingerprint density at radius 1 is 1.32 bits per heavy atom. The van der Waals surface area contributed by atoms with Gasteiger partial charge in [-0.1, -0.05) is 12.1 Å². The Labute approximate surface area is 110 Å². The third-order valence-corrected chi connectivity index (χ3v) is 2.53. The summed E-state index contributed by atoms with van der Waals surface area (Å²) in [7, 11) is 0. The van der Waals surface area contributed by atoms with Gasteiger partial charge in [0.25, 0.3) is 5.88 Å². The standard InChI is InChI=1S/C13H11N5O/c1-2-19-13-10(8-15)12(16)18(17-13)11-6-4-3-5-9(11)7-14/h3-6H,2,16H2,1H3. The SMILES string of the molecule is CCOc1nn(-c2ccccc2C#N)c(N)c1C#N. The van der Waals surface area contributed by atoms with Gasteiger partial charge in [0.05, 0.1) is 17.9 Å². The lowest BCUT2D eigenvalue weighted by Crippen LogP contribution is -2.04. The van der Waals surface area contributed by atoms with Gasteiger partial charge in [0.2, 0.25) is 0 Å². The van der Waals surface area contributed by atoms with Crippen molar-refractivity contribution in [3.05, 3.63) is 35.4 Å². The Balaban J connectivity index is 2.64. The second kappa shape index (κ2) is 5.11. The molecule has 0 bridgehead atoms. The molecule has 6 nitrogen and oxygen atoms in total. The van der Waals surface area contributed by atoms with Gasteiger partial charge in [0, 0.05) is 0 Å². The summed E-state index contributed by atoms with van der Waals surface area (Å²) in [6.07, 6.45) is 0. The molecule has 0 radical (unpaired) electrons. The molecule has 19 heavy (non-hydrogen) atoms. The second-order valence-corrected chi connectivity index (χ2v) is 3.65. The second-order valence-electron chi connectivity index (χ2n) is 3.65. The molecule has 0 saturated carbocycles. The highest BCUT2D eigenvalue weighted by molar-refractivity contribution is 5.61. The maximum atomic E-state index is 9.08. The van der Waals surface area contributed by atoms with E-state index in [2.05, 4.69) is 11.2 Å². The highest BCUT2D eigenvalue weighted by Crippen LogP contribution is 2.27. The average Bonchev–Trinajstić information content (AvgIpc) is 2.75. The van der Waals surface area contributed by atoms with Gasteiger partial charge in [-0.05, 0) is 19.1 Å². The minimum Gasteiger partial charge on any atom is -0.476 e. The largest absolute Gasteiger partial charge is 0.476 e. The molecule has 0 aliphatic rings.